The van der Waals surface area contributed by atoms with Crippen LogP contribution >= 0.6 is 22.9 Å². The maximum absolute atomic E-state index is 13.2. The van der Waals surface area contributed by atoms with Crippen molar-refractivity contribution in [3.63, 3.8) is 0 Å². The molecule has 2 heterocycles. The number of quaternary nitrogens is 1. The first kappa shape index (κ1) is 18.4. The smallest absolute Gasteiger partial charge is 0.317 e. The molecule has 3 rings (SSSR count). The summed E-state index contributed by atoms with van der Waals surface area (Å²) >= 11 is 7.68. The number of rotatable bonds is 3. The van der Waals surface area contributed by atoms with Crippen LogP contribution in [0, 0.1) is 10.6 Å². The predicted octanol–water partition coefficient (Wildman–Crippen LogP) is 4.92. The average molecular weight is 380 g/mol. The van der Waals surface area contributed by atoms with Gasteiger partial charge in [-0.15, -0.1) is 11.3 Å². The van der Waals surface area contributed by atoms with E-state index < -0.39 is 5.41 Å². The lowest BCUT2D eigenvalue weighted by Crippen LogP contribution is -2.44. The molecule has 134 valence electrons. The first-order chi connectivity index (χ1) is 11.7. The highest BCUT2D eigenvalue weighted by atomic mass is 35.5. The summed E-state index contributed by atoms with van der Waals surface area (Å²) in [6.45, 7) is 6.71. The van der Waals surface area contributed by atoms with E-state index in [1.807, 2.05) is 51.1 Å². The van der Waals surface area contributed by atoms with E-state index in [0.717, 1.165) is 16.0 Å². The Balaban J connectivity index is 1.75. The van der Waals surface area contributed by atoms with Crippen molar-refractivity contribution in [2.24, 2.45) is 5.41 Å². The molecule has 4 nitrogen and oxygen atoms in total. The third kappa shape index (κ3) is 4.23. The lowest BCUT2D eigenvalue weighted by molar-refractivity contribution is -0.909. The number of halogens is 1. The summed E-state index contributed by atoms with van der Waals surface area (Å²) in [5.74, 6) is -0.259. The molecular weight excluding hydrogens is 358 g/mol. The summed E-state index contributed by atoms with van der Waals surface area (Å²) in [5, 5.41) is 14.4. The Morgan fingerprint density at radius 3 is 2.76 bits per heavy atom. The van der Waals surface area contributed by atoms with Crippen molar-refractivity contribution in [3.05, 3.63) is 56.6 Å². The highest BCUT2D eigenvalue weighted by molar-refractivity contribution is 7.14. The van der Waals surface area contributed by atoms with E-state index in [2.05, 4.69) is 0 Å². The molecule has 2 aromatic rings. The van der Waals surface area contributed by atoms with Crippen molar-refractivity contribution in [1.82, 2.24) is 0 Å². The van der Waals surface area contributed by atoms with Crippen molar-refractivity contribution in [3.8, 4) is 5.06 Å². The molecule has 1 atom stereocenters. The van der Waals surface area contributed by atoms with Crippen LogP contribution < -0.4 is 4.74 Å². The van der Waals surface area contributed by atoms with Gasteiger partial charge in [-0.3, -0.25) is 4.79 Å². The predicted molar refractivity (Wildman–Crippen MR) is 100 cm³/mol. The zero-order chi connectivity index (χ0) is 18.2. The lowest BCUT2D eigenvalue weighted by Gasteiger charge is -2.45. The minimum Gasteiger partial charge on any atom is -0.632 e. The van der Waals surface area contributed by atoms with Gasteiger partial charge in [-0.2, -0.15) is 0 Å². The van der Waals surface area contributed by atoms with E-state index in [1.54, 1.807) is 0 Å². The van der Waals surface area contributed by atoms with Crippen molar-refractivity contribution in [1.29, 1.82) is 0 Å². The van der Waals surface area contributed by atoms with Gasteiger partial charge in [-0.05, 0) is 26.8 Å². The van der Waals surface area contributed by atoms with Crippen molar-refractivity contribution in [2.45, 2.75) is 40.3 Å². The van der Waals surface area contributed by atoms with Gasteiger partial charge in [0.15, 0.2) is 5.06 Å². The number of benzene rings is 1. The second-order valence-corrected chi connectivity index (χ2v) is 9.10. The standard InChI is InChI=1S/C19H22ClNO3S/c1-19(2,3)18(22)24-17-10-14-12-21(23,9-8-16(14)25-17)11-13-6-4-5-7-15(13)20/h4-7,10H,8-9,11-12H2,1-3H3. The van der Waals surface area contributed by atoms with Crippen LogP contribution in [0.1, 0.15) is 36.8 Å². The normalized spacial score (nSPS) is 20.2. The third-order valence-electron chi connectivity index (χ3n) is 4.30. The average Bonchev–Trinajstić information content (AvgIpc) is 2.89. The summed E-state index contributed by atoms with van der Waals surface area (Å²) in [6.07, 6.45) is 0.695. The summed E-state index contributed by atoms with van der Waals surface area (Å²) < 4.78 is 5.15. The Morgan fingerprint density at radius 2 is 2.08 bits per heavy atom. The fraction of sp³-hybridized carbons (Fsp3) is 0.421. The zero-order valence-corrected chi connectivity index (χ0v) is 16.2. The Hall–Kier alpha value is -1.40. The molecule has 1 aliphatic rings. The highest BCUT2D eigenvalue weighted by Gasteiger charge is 2.30. The number of esters is 1. The van der Waals surface area contributed by atoms with Crippen LogP contribution in [0.4, 0.5) is 0 Å². The fourth-order valence-electron chi connectivity index (χ4n) is 2.85. The summed E-state index contributed by atoms with van der Waals surface area (Å²) in [4.78, 5) is 13.2. The Kier molecular flexibility index (Phi) is 4.95. The second-order valence-electron chi connectivity index (χ2n) is 7.59. The van der Waals surface area contributed by atoms with Gasteiger partial charge in [0, 0.05) is 33.5 Å². The monoisotopic (exact) mass is 379 g/mol. The van der Waals surface area contributed by atoms with Crippen LogP contribution in [0.5, 0.6) is 5.06 Å². The topological polar surface area (TPSA) is 49.4 Å². The number of nitrogens with zero attached hydrogens (tertiary/aromatic N) is 1. The van der Waals surface area contributed by atoms with Crippen LogP contribution in [-0.2, 0) is 24.3 Å². The van der Waals surface area contributed by atoms with E-state index in [4.69, 9.17) is 16.3 Å². The van der Waals surface area contributed by atoms with Crippen LogP contribution in [0.15, 0.2) is 30.3 Å². The summed E-state index contributed by atoms with van der Waals surface area (Å²) in [7, 11) is 0. The minimum atomic E-state index is -0.549. The van der Waals surface area contributed by atoms with Crippen molar-refractivity contribution < 1.29 is 14.2 Å². The van der Waals surface area contributed by atoms with Gasteiger partial charge in [0.1, 0.15) is 13.1 Å². The molecule has 0 fully saturated rings. The summed E-state index contributed by atoms with van der Waals surface area (Å²) in [5.41, 5.74) is 1.31. The molecule has 1 aromatic heterocycles. The zero-order valence-electron chi connectivity index (χ0n) is 14.7. The molecule has 0 radical (unpaired) electrons. The molecule has 25 heavy (non-hydrogen) atoms. The maximum Gasteiger partial charge on any atom is 0.317 e. The molecule has 1 aliphatic heterocycles. The first-order valence-corrected chi connectivity index (χ1v) is 9.50. The fourth-order valence-corrected chi connectivity index (χ4v) is 4.05. The van der Waals surface area contributed by atoms with Gasteiger partial charge >= 0.3 is 5.97 Å². The largest absolute Gasteiger partial charge is 0.632 e. The Bertz CT molecular complexity index is 796. The number of fused-ring (bicyclic) bond motifs is 1. The van der Waals surface area contributed by atoms with Gasteiger partial charge in [0.2, 0.25) is 0 Å². The molecule has 0 bridgehead atoms. The Morgan fingerprint density at radius 1 is 1.36 bits per heavy atom. The lowest BCUT2D eigenvalue weighted by atomic mass is 9.97. The quantitative estimate of drug-likeness (QED) is 0.432. The number of hydrogen-bond acceptors (Lipinski definition) is 4. The van der Waals surface area contributed by atoms with E-state index in [9.17, 15) is 10.0 Å². The van der Waals surface area contributed by atoms with E-state index >= 15 is 0 Å². The molecule has 0 N–H and O–H groups in total. The van der Waals surface area contributed by atoms with E-state index in [0.29, 0.717) is 36.1 Å². The van der Waals surface area contributed by atoms with Crippen LogP contribution in [0.25, 0.3) is 0 Å². The molecule has 1 unspecified atom stereocenters. The molecule has 0 spiro atoms. The van der Waals surface area contributed by atoms with Gasteiger partial charge in [0.05, 0.1) is 12.0 Å². The number of carbonyl (C=O) groups is 1. The van der Waals surface area contributed by atoms with Gasteiger partial charge in [0.25, 0.3) is 0 Å². The van der Waals surface area contributed by atoms with E-state index in [1.165, 1.54) is 11.3 Å². The highest BCUT2D eigenvalue weighted by Crippen LogP contribution is 2.37. The van der Waals surface area contributed by atoms with Crippen LogP contribution in [-0.4, -0.2) is 17.2 Å². The first-order valence-electron chi connectivity index (χ1n) is 8.31. The Labute approximate surface area is 157 Å². The number of thiophene rings is 1. The number of hydroxylamine groups is 3. The molecule has 0 amide bonds. The van der Waals surface area contributed by atoms with Crippen molar-refractivity contribution >= 4 is 28.9 Å². The molecule has 1 aromatic carbocycles. The van der Waals surface area contributed by atoms with Crippen LogP contribution in [0.3, 0.4) is 0 Å². The van der Waals surface area contributed by atoms with Gasteiger partial charge in [-0.25, -0.2) is 0 Å². The molecule has 0 saturated heterocycles. The SMILES string of the molecule is CC(C)(C)C(=O)Oc1cc2c(s1)CC[N+]([O-])(Cc1ccccc1Cl)C2. The number of carbonyl (C=O) groups excluding carboxylic acids is 1. The van der Waals surface area contributed by atoms with Crippen LogP contribution in [0.2, 0.25) is 5.02 Å². The molecule has 6 heteroatoms. The number of hydrogen-bond donors (Lipinski definition) is 0. The number of ether oxygens (including phenoxy) is 1. The van der Waals surface area contributed by atoms with Gasteiger partial charge < -0.3 is 14.6 Å². The summed E-state index contributed by atoms with van der Waals surface area (Å²) in [6, 6.07) is 9.33. The molecule has 0 aliphatic carbocycles. The van der Waals surface area contributed by atoms with Crippen molar-refractivity contribution in [2.75, 3.05) is 6.54 Å². The van der Waals surface area contributed by atoms with Gasteiger partial charge in [-0.1, -0.05) is 29.8 Å². The maximum atomic E-state index is 13.2. The van der Waals surface area contributed by atoms with E-state index in [-0.39, 0.29) is 10.6 Å². The second kappa shape index (κ2) is 6.72. The molecular formula is C19H22ClNO3S. The third-order valence-corrected chi connectivity index (χ3v) is 5.78. The molecule has 0 saturated carbocycles. The minimum absolute atomic E-state index is 0.259.